The molecule has 7 nitrogen and oxygen atoms in total. The van der Waals surface area contributed by atoms with Crippen molar-refractivity contribution in [1.29, 1.82) is 0 Å². The van der Waals surface area contributed by atoms with Gasteiger partial charge in [-0.3, -0.25) is 9.69 Å². The second-order valence-corrected chi connectivity index (χ2v) is 11.4. The Balaban J connectivity index is 1.31. The molecule has 3 aromatic carbocycles. The molecule has 2 N–H and O–H groups in total. The number of carbonyl (C=O) groups is 2. The molecule has 0 unspecified atom stereocenters. The predicted octanol–water partition coefficient (Wildman–Crippen LogP) is 6.13. The van der Waals surface area contributed by atoms with Crippen molar-refractivity contribution in [3.05, 3.63) is 106 Å². The number of aromatic nitrogens is 1. The minimum Gasteiger partial charge on any atom is -0.465 e. The topological polar surface area (TPSA) is 85.9 Å². The van der Waals surface area contributed by atoms with Gasteiger partial charge in [0.15, 0.2) is 5.78 Å². The van der Waals surface area contributed by atoms with Crippen LogP contribution in [0, 0.1) is 17.6 Å². The molecule has 2 aliphatic rings. The van der Waals surface area contributed by atoms with Gasteiger partial charge in [-0.15, -0.1) is 0 Å². The Morgan fingerprint density at radius 2 is 1.72 bits per heavy atom. The van der Waals surface area contributed by atoms with E-state index in [4.69, 9.17) is 9.84 Å². The second-order valence-electron chi connectivity index (χ2n) is 11.4. The third kappa shape index (κ3) is 5.64. The summed E-state index contributed by atoms with van der Waals surface area (Å²) in [5.41, 5.74) is 2.81. The normalized spacial score (nSPS) is 19.7. The molecule has 0 spiro atoms. The molecule has 1 amide bonds. The molecule has 0 bridgehead atoms. The number of nitrogens with one attached hydrogen (secondary N) is 1. The number of carbonyl (C=O) groups excluding carboxylic acids is 1. The number of hydrogen-bond acceptors (Lipinski definition) is 4. The number of nitrogens with zero attached hydrogens (tertiary/aromatic N) is 2. The van der Waals surface area contributed by atoms with E-state index in [1.54, 1.807) is 4.90 Å². The van der Waals surface area contributed by atoms with E-state index < -0.39 is 41.6 Å². The summed E-state index contributed by atoms with van der Waals surface area (Å²) in [5.74, 6) is -3.00. The summed E-state index contributed by atoms with van der Waals surface area (Å²) in [6.45, 7) is 1.81. The third-order valence-corrected chi connectivity index (χ3v) is 8.50. The summed E-state index contributed by atoms with van der Waals surface area (Å²) in [4.78, 5) is 30.2. The number of fused-ring (bicyclic) bond motifs is 3. The lowest BCUT2D eigenvalue weighted by Gasteiger charge is -2.41. The smallest absolute Gasteiger partial charge is 0.407 e. The number of hydrogen-bond donors (Lipinski definition) is 2. The van der Waals surface area contributed by atoms with Crippen LogP contribution in [0.5, 0.6) is 0 Å². The van der Waals surface area contributed by atoms with Gasteiger partial charge in [-0.1, -0.05) is 48.5 Å². The van der Waals surface area contributed by atoms with Gasteiger partial charge >= 0.3 is 6.09 Å². The third-order valence-electron chi connectivity index (χ3n) is 8.50. The van der Waals surface area contributed by atoms with Crippen molar-refractivity contribution in [1.82, 2.24) is 14.8 Å². The molecular weight excluding hydrogens is 559 g/mol. The fraction of sp³-hybridized carbons (Fsp3) is 0.333. The number of benzene rings is 3. The average Bonchev–Trinajstić information content (AvgIpc) is 3.31. The van der Waals surface area contributed by atoms with E-state index in [9.17, 15) is 9.59 Å². The molecule has 224 valence electrons. The van der Waals surface area contributed by atoms with Gasteiger partial charge in [-0.05, 0) is 42.7 Å². The number of ether oxygens (including phenoxy) is 1. The number of Topliss-reactive ketones (excluding diaryl/α,β-unsaturated/α-hetero) is 1. The lowest BCUT2D eigenvalue weighted by atomic mass is 9.86. The molecule has 4 aromatic rings. The van der Waals surface area contributed by atoms with Crippen molar-refractivity contribution in [2.75, 3.05) is 26.2 Å². The molecule has 3 heterocycles. The number of para-hydroxylation sites is 1. The standard InChI is InChI=1S/C33H32F3N3O4/c1-19-11-25-24-9-5-6-10-28(24)37-30(25)31(39(19)16-23(34)18-43-17-20-7-3-2-4-8-20)29-26(35)12-21(13-27(29)36)32(40)22-14-38(15-22)33(41)42/h2-10,12-13,19,22-23,31,37H,11,14-18H2,1H3,(H,41,42)/t19-,23-,31-/m1/s1. The summed E-state index contributed by atoms with van der Waals surface area (Å²) in [7, 11) is 0. The Kier molecular flexibility index (Phi) is 7.98. The highest BCUT2D eigenvalue weighted by atomic mass is 19.1. The van der Waals surface area contributed by atoms with Crippen LogP contribution in [0.2, 0.25) is 0 Å². The molecule has 1 aromatic heterocycles. The number of H-pyrrole nitrogens is 1. The fourth-order valence-electron chi connectivity index (χ4n) is 6.29. The molecule has 10 heteroatoms. The SMILES string of the molecule is C[C@@H]1Cc2c([nH]c3ccccc23)[C@@H](c2c(F)cc(C(=O)C3CN(C(=O)O)C3)cc2F)N1C[C@@H](F)COCc1ccccc1. The van der Waals surface area contributed by atoms with Crippen molar-refractivity contribution in [2.24, 2.45) is 5.92 Å². The van der Waals surface area contributed by atoms with E-state index in [0.717, 1.165) is 39.1 Å². The minimum absolute atomic E-state index is 0.0181. The molecule has 0 aliphatic carbocycles. The quantitative estimate of drug-likeness (QED) is 0.229. The van der Waals surface area contributed by atoms with Crippen LogP contribution in [0.15, 0.2) is 66.7 Å². The van der Waals surface area contributed by atoms with Crippen LogP contribution in [0.1, 0.15) is 45.7 Å². The number of halogens is 3. The zero-order chi connectivity index (χ0) is 30.2. The van der Waals surface area contributed by atoms with Crippen LogP contribution < -0.4 is 0 Å². The largest absolute Gasteiger partial charge is 0.465 e. The highest BCUT2D eigenvalue weighted by molar-refractivity contribution is 5.99. The first-order valence-electron chi connectivity index (χ1n) is 14.3. The molecule has 3 atom stereocenters. The maximum Gasteiger partial charge on any atom is 0.407 e. The first-order valence-corrected chi connectivity index (χ1v) is 14.3. The van der Waals surface area contributed by atoms with Crippen LogP contribution in [0.4, 0.5) is 18.0 Å². The zero-order valence-corrected chi connectivity index (χ0v) is 23.6. The van der Waals surface area contributed by atoms with Gasteiger partial charge in [0.1, 0.15) is 17.8 Å². The van der Waals surface area contributed by atoms with E-state index in [0.29, 0.717) is 12.1 Å². The summed E-state index contributed by atoms with van der Waals surface area (Å²) < 4.78 is 53.0. The van der Waals surface area contributed by atoms with Crippen LogP contribution in [-0.2, 0) is 17.8 Å². The summed E-state index contributed by atoms with van der Waals surface area (Å²) in [6.07, 6.45) is -2.02. The van der Waals surface area contributed by atoms with Crippen molar-refractivity contribution in [3.8, 4) is 0 Å². The molecule has 1 saturated heterocycles. The molecule has 2 aliphatic heterocycles. The second kappa shape index (κ2) is 11.9. The van der Waals surface area contributed by atoms with E-state index in [1.807, 2.05) is 61.5 Å². The number of rotatable bonds is 9. The highest BCUT2D eigenvalue weighted by Crippen LogP contribution is 2.43. The lowest BCUT2D eigenvalue weighted by molar-refractivity contribution is 0.0327. The Morgan fingerprint density at radius 3 is 2.42 bits per heavy atom. The number of aromatic amines is 1. The number of ketones is 1. The van der Waals surface area contributed by atoms with E-state index >= 15 is 13.2 Å². The minimum atomic E-state index is -1.43. The van der Waals surface area contributed by atoms with Crippen molar-refractivity contribution >= 4 is 22.8 Å². The predicted molar refractivity (Wildman–Crippen MR) is 155 cm³/mol. The molecular formula is C33H32F3N3O4. The molecule has 43 heavy (non-hydrogen) atoms. The van der Waals surface area contributed by atoms with Gasteiger partial charge in [0.05, 0.1) is 25.2 Å². The molecule has 6 rings (SSSR count). The van der Waals surface area contributed by atoms with Gasteiger partial charge in [0.25, 0.3) is 0 Å². The van der Waals surface area contributed by atoms with Gasteiger partial charge in [0, 0.05) is 53.4 Å². The van der Waals surface area contributed by atoms with Gasteiger partial charge < -0.3 is 19.7 Å². The van der Waals surface area contributed by atoms with Crippen molar-refractivity contribution < 1.29 is 32.6 Å². The van der Waals surface area contributed by atoms with Crippen LogP contribution in [0.25, 0.3) is 10.9 Å². The van der Waals surface area contributed by atoms with Gasteiger partial charge in [-0.2, -0.15) is 0 Å². The monoisotopic (exact) mass is 591 g/mol. The zero-order valence-electron chi connectivity index (χ0n) is 23.6. The average molecular weight is 592 g/mol. The van der Waals surface area contributed by atoms with E-state index in [-0.39, 0.29) is 50.0 Å². The van der Waals surface area contributed by atoms with Crippen LogP contribution >= 0.6 is 0 Å². The Bertz CT molecular complexity index is 1630. The summed E-state index contributed by atoms with van der Waals surface area (Å²) in [5, 5.41) is 10.0. The van der Waals surface area contributed by atoms with E-state index in [1.165, 1.54) is 0 Å². The van der Waals surface area contributed by atoms with Gasteiger partial charge in [0.2, 0.25) is 0 Å². The Labute approximate surface area is 246 Å². The number of alkyl halides is 1. The van der Waals surface area contributed by atoms with Crippen LogP contribution in [0.3, 0.4) is 0 Å². The molecule has 0 saturated carbocycles. The Hall–Kier alpha value is -4.15. The first-order chi connectivity index (χ1) is 20.7. The van der Waals surface area contributed by atoms with Gasteiger partial charge in [-0.25, -0.2) is 18.0 Å². The Morgan fingerprint density at radius 1 is 1.05 bits per heavy atom. The number of carboxylic acid groups (broad SMARTS) is 1. The number of amides is 1. The number of likely N-dealkylation sites (tertiary alicyclic amines) is 1. The maximum atomic E-state index is 16.0. The lowest BCUT2D eigenvalue weighted by Crippen LogP contribution is -2.52. The first kappa shape index (κ1) is 28.9. The fourth-order valence-corrected chi connectivity index (χ4v) is 6.29. The molecule has 1 fully saturated rings. The highest BCUT2D eigenvalue weighted by Gasteiger charge is 2.41. The molecule has 0 radical (unpaired) electrons. The van der Waals surface area contributed by atoms with E-state index in [2.05, 4.69) is 4.98 Å². The van der Waals surface area contributed by atoms with Crippen LogP contribution in [-0.4, -0.2) is 70.2 Å². The van der Waals surface area contributed by atoms with Crippen molar-refractivity contribution in [2.45, 2.75) is 38.2 Å². The maximum absolute atomic E-state index is 16.0. The summed E-state index contributed by atoms with van der Waals surface area (Å²) >= 11 is 0. The summed E-state index contributed by atoms with van der Waals surface area (Å²) in [6, 6.07) is 17.8. The van der Waals surface area contributed by atoms with Crippen molar-refractivity contribution in [3.63, 3.8) is 0 Å².